The second kappa shape index (κ2) is 7.76. The van der Waals surface area contributed by atoms with Gasteiger partial charge in [-0.3, -0.25) is 4.98 Å². The van der Waals surface area contributed by atoms with Crippen LogP contribution >= 0.6 is 0 Å². The second-order valence-electron chi connectivity index (χ2n) is 6.24. The molecule has 4 heteroatoms. The minimum absolute atomic E-state index is 0.0569. The topological polar surface area (TPSA) is 57.4 Å². The molecular formula is C17H28N2O2. The number of nitrogens with two attached hydrogens (primary N) is 1. The fourth-order valence-electron chi connectivity index (χ4n) is 3.24. The molecule has 2 unspecified atom stereocenters. The van der Waals surface area contributed by atoms with E-state index >= 15 is 0 Å². The standard InChI is InChI=1S/C17H28N2O2/c1-12(2)21-15-9-14(10-19-11-15)16(18)17(20-3)13-7-5-4-6-8-13/h9-13,16-17H,4-8,18H2,1-3H3. The zero-order valence-electron chi connectivity index (χ0n) is 13.4. The zero-order chi connectivity index (χ0) is 15.2. The van der Waals surface area contributed by atoms with Gasteiger partial charge in [0, 0.05) is 13.3 Å². The molecule has 1 aliphatic carbocycles. The molecule has 2 atom stereocenters. The van der Waals surface area contributed by atoms with E-state index in [0.29, 0.717) is 5.92 Å². The highest BCUT2D eigenvalue weighted by atomic mass is 16.5. The summed E-state index contributed by atoms with van der Waals surface area (Å²) >= 11 is 0. The van der Waals surface area contributed by atoms with E-state index in [9.17, 15) is 0 Å². The molecule has 1 heterocycles. The predicted molar refractivity (Wildman–Crippen MR) is 84.3 cm³/mol. The zero-order valence-corrected chi connectivity index (χ0v) is 13.4. The maximum atomic E-state index is 6.46. The summed E-state index contributed by atoms with van der Waals surface area (Å²) in [7, 11) is 1.76. The van der Waals surface area contributed by atoms with Crippen LogP contribution in [0, 0.1) is 5.92 Å². The van der Waals surface area contributed by atoms with Gasteiger partial charge in [-0.2, -0.15) is 0 Å². The van der Waals surface area contributed by atoms with Crippen LogP contribution in [-0.2, 0) is 4.74 Å². The van der Waals surface area contributed by atoms with Gasteiger partial charge in [0.1, 0.15) is 5.75 Å². The largest absolute Gasteiger partial charge is 0.489 e. The summed E-state index contributed by atoms with van der Waals surface area (Å²) < 4.78 is 11.4. The van der Waals surface area contributed by atoms with Gasteiger partial charge in [-0.25, -0.2) is 0 Å². The number of rotatable bonds is 6. The molecule has 0 amide bonds. The minimum atomic E-state index is -0.152. The molecule has 1 aliphatic rings. The molecule has 2 rings (SSSR count). The van der Waals surface area contributed by atoms with Crippen molar-refractivity contribution in [3.63, 3.8) is 0 Å². The maximum absolute atomic E-state index is 6.46. The van der Waals surface area contributed by atoms with Crippen LogP contribution in [0.4, 0.5) is 0 Å². The SMILES string of the molecule is COC(C1CCCCC1)C(N)c1cncc(OC(C)C)c1. The molecule has 1 saturated carbocycles. The van der Waals surface area contributed by atoms with Gasteiger partial charge >= 0.3 is 0 Å². The van der Waals surface area contributed by atoms with E-state index in [4.69, 9.17) is 15.2 Å². The minimum Gasteiger partial charge on any atom is -0.489 e. The Hall–Kier alpha value is -1.13. The molecule has 1 aromatic heterocycles. The van der Waals surface area contributed by atoms with Crippen molar-refractivity contribution in [2.24, 2.45) is 11.7 Å². The monoisotopic (exact) mass is 292 g/mol. The quantitative estimate of drug-likeness (QED) is 0.872. The van der Waals surface area contributed by atoms with E-state index in [0.717, 1.165) is 11.3 Å². The van der Waals surface area contributed by atoms with Crippen molar-refractivity contribution < 1.29 is 9.47 Å². The van der Waals surface area contributed by atoms with Crippen LogP contribution in [0.15, 0.2) is 18.5 Å². The Morgan fingerprint density at radius 3 is 2.52 bits per heavy atom. The van der Waals surface area contributed by atoms with Crippen molar-refractivity contribution in [2.75, 3.05) is 7.11 Å². The first kappa shape index (κ1) is 16.2. The predicted octanol–water partition coefficient (Wildman–Crippen LogP) is 3.46. The summed E-state index contributed by atoms with van der Waals surface area (Å²) in [4.78, 5) is 4.26. The summed E-state index contributed by atoms with van der Waals surface area (Å²) in [6.45, 7) is 4.01. The molecule has 21 heavy (non-hydrogen) atoms. The van der Waals surface area contributed by atoms with Crippen LogP contribution in [0.1, 0.15) is 57.6 Å². The summed E-state index contributed by atoms with van der Waals surface area (Å²) in [6.07, 6.45) is 10.1. The Labute approximate surface area is 128 Å². The molecule has 1 aromatic rings. The Kier molecular flexibility index (Phi) is 6.00. The number of methoxy groups -OCH3 is 1. The van der Waals surface area contributed by atoms with Gasteiger partial charge in [0.25, 0.3) is 0 Å². The van der Waals surface area contributed by atoms with Crippen molar-refractivity contribution in [1.29, 1.82) is 0 Å². The van der Waals surface area contributed by atoms with Crippen molar-refractivity contribution >= 4 is 0 Å². The van der Waals surface area contributed by atoms with Crippen molar-refractivity contribution in [3.05, 3.63) is 24.0 Å². The lowest BCUT2D eigenvalue weighted by atomic mass is 9.81. The Morgan fingerprint density at radius 1 is 1.19 bits per heavy atom. The lowest BCUT2D eigenvalue weighted by molar-refractivity contribution is 0.0171. The molecule has 0 radical (unpaired) electrons. The summed E-state index contributed by atoms with van der Waals surface area (Å²) in [6, 6.07) is 1.84. The first-order valence-electron chi connectivity index (χ1n) is 8.01. The van der Waals surface area contributed by atoms with Crippen LogP contribution in [0.5, 0.6) is 5.75 Å². The summed E-state index contributed by atoms with van der Waals surface area (Å²) in [5, 5.41) is 0. The fraction of sp³-hybridized carbons (Fsp3) is 0.706. The van der Waals surface area contributed by atoms with Crippen LogP contribution in [-0.4, -0.2) is 24.3 Å². The van der Waals surface area contributed by atoms with Gasteiger partial charge in [0.15, 0.2) is 0 Å². The third-order valence-corrected chi connectivity index (χ3v) is 4.23. The number of ether oxygens (including phenoxy) is 2. The van der Waals surface area contributed by atoms with E-state index < -0.39 is 0 Å². The maximum Gasteiger partial charge on any atom is 0.138 e. The Bertz CT molecular complexity index is 431. The molecular weight excluding hydrogens is 264 g/mol. The fourth-order valence-corrected chi connectivity index (χ4v) is 3.24. The first-order chi connectivity index (χ1) is 10.1. The van der Waals surface area contributed by atoms with Crippen molar-refractivity contribution in [2.45, 2.75) is 64.2 Å². The van der Waals surface area contributed by atoms with Crippen LogP contribution in [0.3, 0.4) is 0 Å². The highest BCUT2D eigenvalue weighted by molar-refractivity contribution is 5.27. The third kappa shape index (κ3) is 4.42. The van der Waals surface area contributed by atoms with E-state index in [1.54, 1.807) is 13.3 Å². The third-order valence-electron chi connectivity index (χ3n) is 4.23. The van der Waals surface area contributed by atoms with Crippen LogP contribution in [0.25, 0.3) is 0 Å². The van der Waals surface area contributed by atoms with Gasteiger partial charge in [-0.05, 0) is 44.2 Å². The van der Waals surface area contributed by atoms with E-state index in [2.05, 4.69) is 4.98 Å². The first-order valence-corrected chi connectivity index (χ1v) is 8.01. The average molecular weight is 292 g/mol. The van der Waals surface area contributed by atoms with Gasteiger partial charge in [0.2, 0.25) is 0 Å². The molecule has 0 bridgehead atoms. The van der Waals surface area contributed by atoms with Crippen molar-refractivity contribution in [3.8, 4) is 5.75 Å². The summed E-state index contributed by atoms with van der Waals surface area (Å²) in [5.41, 5.74) is 7.45. The molecule has 0 aromatic carbocycles. The van der Waals surface area contributed by atoms with Gasteiger partial charge in [0.05, 0.1) is 24.4 Å². The molecule has 1 fully saturated rings. The molecule has 0 spiro atoms. The van der Waals surface area contributed by atoms with Gasteiger partial charge < -0.3 is 15.2 Å². The van der Waals surface area contributed by atoms with Crippen LogP contribution in [0.2, 0.25) is 0 Å². The molecule has 0 saturated heterocycles. The molecule has 0 aliphatic heterocycles. The highest BCUT2D eigenvalue weighted by Gasteiger charge is 2.29. The van der Waals surface area contributed by atoms with E-state index in [1.807, 2.05) is 26.1 Å². The number of hydrogen-bond acceptors (Lipinski definition) is 4. The number of nitrogens with zero attached hydrogens (tertiary/aromatic N) is 1. The van der Waals surface area contributed by atoms with Gasteiger partial charge in [-0.1, -0.05) is 19.3 Å². The van der Waals surface area contributed by atoms with E-state index in [1.165, 1.54) is 32.1 Å². The smallest absolute Gasteiger partial charge is 0.138 e. The number of aromatic nitrogens is 1. The molecule has 118 valence electrons. The van der Waals surface area contributed by atoms with Gasteiger partial charge in [-0.15, -0.1) is 0 Å². The summed E-state index contributed by atoms with van der Waals surface area (Å²) in [5.74, 6) is 1.32. The van der Waals surface area contributed by atoms with Crippen LogP contribution < -0.4 is 10.5 Å². The number of hydrogen-bond donors (Lipinski definition) is 1. The Balaban J connectivity index is 2.10. The van der Waals surface area contributed by atoms with E-state index in [-0.39, 0.29) is 18.2 Å². The molecule has 4 nitrogen and oxygen atoms in total. The molecule has 2 N–H and O–H groups in total. The Morgan fingerprint density at radius 2 is 1.90 bits per heavy atom. The second-order valence-corrected chi connectivity index (χ2v) is 6.24. The lowest BCUT2D eigenvalue weighted by Gasteiger charge is -2.33. The van der Waals surface area contributed by atoms with Crippen molar-refractivity contribution in [1.82, 2.24) is 4.98 Å². The highest BCUT2D eigenvalue weighted by Crippen LogP contribution is 2.33. The normalized spacial score (nSPS) is 19.5. The lowest BCUT2D eigenvalue weighted by Crippen LogP contribution is -2.36. The number of pyridine rings is 1. The average Bonchev–Trinajstić information content (AvgIpc) is 2.48.